The first kappa shape index (κ1) is 12.2. The van der Waals surface area contributed by atoms with Crippen LogP contribution in [0.3, 0.4) is 0 Å². The van der Waals surface area contributed by atoms with Crippen molar-refractivity contribution in [2.24, 2.45) is 0 Å². The molecule has 74 valence electrons. The molecule has 0 aliphatic heterocycles. The molecule has 0 saturated heterocycles. The van der Waals surface area contributed by atoms with Gasteiger partial charge in [0, 0.05) is 0 Å². The van der Waals surface area contributed by atoms with E-state index >= 15 is 0 Å². The molecule has 1 nitrogen and oxygen atoms in total. The average Bonchev–Trinajstić information content (AvgIpc) is 2.51. The third-order valence-electron chi connectivity index (χ3n) is 2.00. The Kier molecular flexibility index (Phi) is 4.14. The summed E-state index contributed by atoms with van der Waals surface area (Å²) in [7, 11) is 0. The molecule has 0 unspecified atom stereocenters. The van der Waals surface area contributed by atoms with Gasteiger partial charge in [-0.15, -0.1) is 17.6 Å². The zero-order valence-electron chi connectivity index (χ0n) is 9.16. The predicted octanol–water partition coefficient (Wildman–Crippen LogP) is 1.70. The molecule has 0 aliphatic rings. The van der Waals surface area contributed by atoms with Crippen molar-refractivity contribution < 1.29 is 0 Å². The molecule has 1 rings (SSSR count). The van der Waals surface area contributed by atoms with E-state index in [1.54, 1.807) is 12.2 Å². The number of nitrogens with zero attached hydrogens (tertiary/aromatic N) is 1. The summed E-state index contributed by atoms with van der Waals surface area (Å²) in [6, 6.07) is 0. The van der Waals surface area contributed by atoms with E-state index < -0.39 is 0 Å². The van der Waals surface area contributed by atoms with Crippen molar-refractivity contribution in [2.75, 3.05) is 0 Å². The number of allylic oxidation sites excluding steroid dienone is 2. The molecule has 0 amide bonds. The minimum Gasteiger partial charge on any atom is -0.657 e. The topological polar surface area (TPSA) is 14.1 Å². The summed E-state index contributed by atoms with van der Waals surface area (Å²) < 4.78 is 0. The number of aromatic nitrogens is 1. The summed E-state index contributed by atoms with van der Waals surface area (Å²) in [5.41, 5.74) is 1.82. The van der Waals surface area contributed by atoms with Crippen LogP contribution < -0.4 is 15.6 Å². The van der Waals surface area contributed by atoms with Gasteiger partial charge in [0.15, 0.2) is 0 Å². The van der Waals surface area contributed by atoms with Gasteiger partial charge in [-0.2, -0.15) is 0 Å². The maximum absolute atomic E-state index is 4.38. The molecular weight excluding hydrogens is 437 g/mol. The van der Waals surface area contributed by atoms with Gasteiger partial charge in [0.1, 0.15) is 0 Å². The number of hydrogen-bond donors (Lipinski definition) is 0. The minimum absolute atomic E-state index is 0. The second-order valence-corrected chi connectivity index (χ2v) is 2.88. The van der Waals surface area contributed by atoms with Crippen LogP contribution in [0.15, 0.2) is 25.3 Å². The van der Waals surface area contributed by atoms with Gasteiger partial charge in [-0.05, 0) is 17.7 Å². The molecule has 1 aromatic heterocycles. The fourth-order valence-corrected chi connectivity index (χ4v) is 1.26. The normalized spacial score (nSPS) is 11.4. The molecule has 0 aromatic carbocycles. The van der Waals surface area contributed by atoms with Crippen LogP contribution in [0.5, 0.6) is 0 Å². The van der Waals surface area contributed by atoms with E-state index in [1.165, 1.54) is 0 Å². The molecule has 0 saturated carbocycles. The Labute approximate surface area is 84.5 Å². The fraction of sp³-hybridized carbons (Fsp3) is 0.0769. The van der Waals surface area contributed by atoms with E-state index in [0.717, 1.165) is 21.8 Å². The third-order valence-corrected chi connectivity index (χ3v) is 2.00. The molecule has 0 N–H and O–H groups in total. The van der Waals surface area contributed by atoms with Gasteiger partial charge in [0.2, 0.25) is 0 Å². The molecule has 0 bridgehead atoms. The van der Waals surface area contributed by atoms with Crippen LogP contribution in [-0.2, 0) is 0 Å². The van der Waals surface area contributed by atoms with Crippen molar-refractivity contribution >= 4 is 24.8 Å². The van der Waals surface area contributed by atoms with Gasteiger partial charge in [0.25, 0.3) is 0 Å². The quantitative estimate of drug-likeness (QED) is 0.683. The number of rotatable bonds is 3. The SMILES string of the molecule is C=Cc1[n-]/c(=C/C=C\C)c(=C)c1C=C.[Rf]. The summed E-state index contributed by atoms with van der Waals surface area (Å²) in [5.74, 6) is 0. The van der Waals surface area contributed by atoms with Gasteiger partial charge in [-0.25, -0.2) is 0 Å². The molecule has 0 fully saturated rings. The average molecular weight is 451 g/mol. The zero-order chi connectivity index (χ0) is 10.6. The zero-order valence-corrected chi connectivity index (χ0v) is 15.6. The van der Waals surface area contributed by atoms with Crippen LogP contribution in [0.4, 0.5) is 0 Å². The molecule has 15 heavy (non-hydrogen) atoms. The third kappa shape index (κ3) is 2.13. The molecular formula is C13H14NRf-. The van der Waals surface area contributed by atoms with Crippen LogP contribution in [0.2, 0.25) is 0 Å². The van der Waals surface area contributed by atoms with E-state index in [4.69, 9.17) is 0 Å². The Balaban J connectivity index is 0.00000196. The van der Waals surface area contributed by atoms with Crippen LogP contribution >= 0.6 is 0 Å². The molecule has 1 aromatic rings. The first-order valence-electron chi connectivity index (χ1n) is 4.48. The van der Waals surface area contributed by atoms with Gasteiger partial charge in [-0.1, -0.05) is 43.5 Å². The van der Waals surface area contributed by atoms with E-state index in [0.29, 0.717) is 0 Å². The van der Waals surface area contributed by atoms with E-state index in [-0.39, 0.29) is 0 Å². The number of hydrogen-bond acceptors (Lipinski definition) is 0. The largest absolute Gasteiger partial charge is 0.657 e. The summed E-state index contributed by atoms with van der Waals surface area (Å²) in [5, 5.41) is 1.79. The van der Waals surface area contributed by atoms with Crippen LogP contribution in [0.25, 0.3) is 24.8 Å². The molecule has 2 heteroatoms. The second kappa shape index (κ2) is 5.07. The first-order valence-corrected chi connectivity index (χ1v) is 4.48. The van der Waals surface area contributed by atoms with E-state index in [9.17, 15) is 0 Å². The monoisotopic (exact) mass is 451 g/mol. The van der Waals surface area contributed by atoms with Crippen molar-refractivity contribution in [1.29, 1.82) is 0 Å². The van der Waals surface area contributed by atoms with Crippen molar-refractivity contribution in [3.8, 4) is 0 Å². The van der Waals surface area contributed by atoms with Crippen LogP contribution in [0, 0.1) is 0 Å². The van der Waals surface area contributed by atoms with Crippen LogP contribution in [-0.4, -0.2) is 0 Å². The van der Waals surface area contributed by atoms with Gasteiger partial charge in [-0.3, -0.25) is 0 Å². The van der Waals surface area contributed by atoms with Crippen molar-refractivity contribution in [3.63, 3.8) is 0 Å². The first-order chi connectivity index (χ1) is 6.74. The summed E-state index contributed by atoms with van der Waals surface area (Å²) in [4.78, 5) is 4.38. The second-order valence-electron chi connectivity index (χ2n) is 2.88. The standard InChI is InChI=1S/C13H14N.Rf/c1-5-8-9-13-10(4)11(6-2)12(7-3)14-13;/h5-9H,2-4H2,1H3;/q-1;/b8-5-,13-9+;. The maximum Gasteiger partial charge on any atom is 0 e. The Morgan fingerprint density at radius 3 is 2.27 bits per heavy atom. The smallest absolute Gasteiger partial charge is 0 e. The van der Waals surface area contributed by atoms with E-state index in [2.05, 4.69) is 24.7 Å². The van der Waals surface area contributed by atoms with Crippen molar-refractivity contribution in [1.82, 2.24) is 4.98 Å². The Morgan fingerprint density at radius 1 is 1.20 bits per heavy atom. The summed E-state index contributed by atoms with van der Waals surface area (Å²) >= 11 is 0. The summed E-state index contributed by atoms with van der Waals surface area (Å²) in [6.07, 6.45) is 9.31. The van der Waals surface area contributed by atoms with Crippen molar-refractivity contribution in [2.45, 2.75) is 6.92 Å². The Morgan fingerprint density at radius 2 is 1.87 bits per heavy atom. The Hall–Kier alpha value is -2.76. The fourth-order valence-electron chi connectivity index (χ4n) is 1.26. The van der Waals surface area contributed by atoms with E-state index in [1.807, 2.05) is 25.2 Å². The van der Waals surface area contributed by atoms with Crippen LogP contribution in [0.1, 0.15) is 18.2 Å². The van der Waals surface area contributed by atoms with Gasteiger partial charge < -0.3 is 4.98 Å². The van der Waals surface area contributed by atoms with Crippen molar-refractivity contribution in [3.05, 3.63) is 47.1 Å². The minimum atomic E-state index is 0. The molecule has 0 spiro atoms. The molecule has 0 atom stereocenters. The summed E-state index contributed by atoms with van der Waals surface area (Å²) in [6.45, 7) is 13.4. The molecule has 1 heterocycles. The predicted molar refractivity (Wildman–Crippen MR) is 64.0 cm³/mol. The van der Waals surface area contributed by atoms with Gasteiger partial charge in [0.05, 0.1) is 0 Å². The Bertz CT molecular complexity index is 477. The van der Waals surface area contributed by atoms with Gasteiger partial charge >= 0.3 is 0 Å². The maximum atomic E-state index is 4.38. The molecule has 0 radical (unpaired) electrons. The molecule has 0 aliphatic carbocycles.